The minimum atomic E-state index is 1.13. The van der Waals surface area contributed by atoms with Crippen molar-refractivity contribution in [3.05, 3.63) is 176 Å². The summed E-state index contributed by atoms with van der Waals surface area (Å²) in [7, 11) is 0. The summed E-state index contributed by atoms with van der Waals surface area (Å²) in [6.45, 7) is 0. The number of para-hydroxylation sites is 1. The first-order chi connectivity index (χ1) is 23.8. The van der Waals surface area contributed by atoms with Gasteiger partial charge in [0.05, 0.1) is 0 Å². The van der Waals surface area contributed by atoms with Crippen molar-refractivity contribution in [2.45, 2.75) is 0 Å². The average molecular weight is 628 g/mol. The van der Waals surface area contributed by atoms with E-state index in [2.05, 4.69) is 181 Å². The molecule has 0 saturated heterocycles. The van der Waals surface area contributed by atoms with Crippen molar-refractivity contribution in [2.75, 3.05) is 4.90 Å². The second-order valence-electron chi connectivity index (χ2n) is 12.5. The van der Waals surface area contributed by atoms with Crippen LogP contribution < -0.4 is 4.90 Å². The quantitative estimate of drug-likeness (QED) is 0.176. The van der Waals surface area contributed by atoms with Crippen LogP contribution in [0.3, 0.4) is 0 Å². The highest BCUT2D eigenvalue weighted by Gasteiger charge is 2.16. The Balaban J connectivity index is 1.12. The van der Waals surface area contributed by atoms with E-state index in [-0.39, 0.29) is 0 Å². The van der Waals surface area contributed by atoms with Crippen LogP contribution in [0.5, 0.6) is 0 Å². The van der Waals surface area contributed by atoms with E-state index < -0.39 is 0 Å². The standard InChI is InChI=1S/C46H29NS/c1-2-10-34(11-3-1)47(36-26-21-32-22-28-42-40-13-6-7-16-44(40)48-46(42)43(32)29-36)35-24-19-31(20-25-35)37-14-8-15-41-39(37)27-23-33-18-17-30-9-4-5-12-38(30)45(33)41/h1-29H. The van der Waals surface area contributed by atoms with Gasteiger partial charge >= 0.3 is 0 Å². The second kappa shape index (κ2) is 10.8. The fraction of sp³-hybridized carbons (Fsp3) is 0. The Morgan fingerprint density at radius 2 is 0.979 bits per heavy atom. The van der Waals surface area contributed by atoms with Crippen LogP contribution in [0.4, 0.5) is 17.1 Å². The summed E-state index contributed by atoms with van der Waals surface area (Å²) < 4.78 is 2.67. The third kappa shape index (κ3) is 4.24. The van der Waals surface area contributed by atoms with E-state index in [1.165, 1.54) is 74.4 Å². The Labute approximate surface area is 282 Å². The largest absolute Gasteiger partial charge is 0.310 e. The van der Waals surface area contributed by atoms with Crippen molar-refractivity contribution in [3.8, 4) is 11.1 Å². The van der Waals surface area contributed by atoms with E-state index in [1.54, 1.807) is 0 Å². The van der Waals surface area contributed by atoms with Gasteiger partial charge in [-0.3, -0.25) is 0 Å². The van der Waals surface area contributed by atoms with Crippen LogP contribution in [0.15, 0.2) is 176 Å². The van der Waals surface area contributed by atoms with Crippen molar-refractivity contribution in [2.24, 2.45) is 0 Å². The summed E-state index contributed by atoms with van der Waals surface area (Å²) in [5.74, 6) is 0. The topological polar surface area (TPSA) is 3.24 Å². The van der Waals surface area contributed by atoms with Crippen LogP contribution in [0, 0.1) is 0 Å². The zero-order chi connectivity index (χ0) is 31.6. The maximum atomic E-state index is 2.37. The molecule has 0 radical (unpaired) electrons. The molecule has 0 aliphatic heterocycles. The van der Waals surface area contributed by atoms with Gasteiger partial charge in [-0.25, -0.2) is 0 Å². The lowest BCUT2D eigenvalue weighted by atomic mass is 9.92. The normalized spacial score (nSPS) is 11.8. The molecule has 10 rings (SSSR count). The second-order valence-corrected chi connectivity index (χ2v) is 13.6. The molecule has 0 spiro atoms. The molecule has 2 heteroatoms. The summed E-state index contributed by atoms with van der Waals surface area (Å²) in [6.07, 6.45) is 0. The number of thiophene rings is 1. The zero-order valence-electron chi connectivity index (χ0n) is 26.1. The number of nitrogens with zero attached hydrogens (tertiary/aromatic N) is 1. The van der Waals surface area contributed by atoms with Gasteiger partial charge < -0.3 is 4.90 Å². The molecule has 0 atom stereocenters. The molecular formula is C46H29NS. The Hall–Kier alpha value is -5.96. The number of rotatable bonds is 4. The molecule has 10 aromatic rings. The molecule has 224 valence electrons. The highest BCUT2D eigenvalue weighted by atomic mass is 32.1. The van der Waals surface area contributed by atoms with E-state index in [4.69, 9.17) is 0 Å². The zero-order valence-corrected chi connectivity index (χ0v) is 26.9. The molecule has 0 unspecified atom stereocenters. The monoisotopic (exact) mass is 627 g/mol. The van der Waals surface area contributed by atoms with Crippen LogP contribution in [0.1, 0.15) is 0 Å². The SMILES string of the molecule is c1ccc(N(c2ccc(-c3cccc4c3ccc3ccc5ccccc5c34)cc2)c2ccc3ccc4c5ccccc5sc4c3c2)cc1. The summed E-state index contributed by atoms with van der Waals surface area (Å²) >= 11 is 1.89. The van der Waals surface area contributed by atoms with Crippen LogP contribution in [-0.2, 0) is 0 Å². The van der Waals surface area contributed by atoms with Gasteiger partial charge in [-0.2, -0.15) is 0 Å². The van der Waals surface area contributed by atoms with E-state index in [0.29, 0.717) is 0 Å². The van der Waals surface area contributed by atoms with E-state index >= 15 is 0 Å². The molecule has 1 aromatic heterocycles. The fourth-order valence-electron chi connectivity index (χ4n) is 7.56. The number of fused-ring (bicyclic) bond motifs is 10. The molecule has 0 aliphatic carbocycles. The van der Waals surface area contributed by atoms with Crippen molar-refractivity contribution in [1.82, 2.24) is 0 Å². The van der Waals surface area contributed by atoms with Crippen LogP contribution in [-0.4, -0.2) is 0 Å². The molecule has 0 saturated carbocycles. The van der Waals surface area contributed by atoms with Gasteiger partial charge in [-0.05, 0) is 91.3 Å². The summed E-state index contributed by atoms with van der Waals surface area (Å²) in [5.41, 5.74) is 5.87. The lowest BCUT2D eigenvalue weighted by molar-refractivity contribution is 1.29. The van der Waals surface area contributed by atoms with Gasteiger partial charge in [0.2, 0.25) is 0 Å². The Morgan fingerprint density at radius 1 is 0.354 bits per heavy atom. The number of hydrogen-bond acceptors (Lipinski definition) is 2. The highest BCUT2D eigenvalue weighted by molar-refractivity contribution is 7.26. The Morgan fingerprint density at radius 3 is 1.88 bits per heavy atom. The smallest absolute Gasteiger partial charge is 0.0468 e. The molecule has 0 aliphatic rings. The minimum absolute atomic E-state index is 1.13. The van der Waals surface area contributed by atoms with Crippen molar-refractivity contribution >= 4 is 91.7 Å². The third-order valence-electron chi connectivity index (χ3n) is 9.82. The summed E-state index contributed by atoms with van der Waals surface area (Å²) in [4.78, 5) is 2.37. The van der Waals surface area contributed by atoms with E-state index in [0.717, 1.165) is 17.1 Å². The molecule has 0 amide bonds. The van der Waals surface area contributed by atoms with Gasteiger partial charge in [0, 0.05) is 42.6 Å². The molecule has 48 heavy (non-hydrogen) atoms. The van der Waals surface area contributed by atoms with Gasteiger partial charge in [0.25, 0.3) is 0 Å². The predicted molar refractivity (Wildman–Crippen MR) is 209 cm³/mol. The van der Waals surface area contributed by atoms with Gasteiger partial charge in [0.15, 0.2) is 0 Å². The maximum absolute atomic E-state index is 2.37. The number of benzene rings is 9. The molecule has 1 nitrogen and oxygen atoms in total. The summed E-state index contributed by atoms with van der Waals surface area (Å²) in [6, 6.07) is 64.4. The lowest BCUT2D eigenvalue weighted by Crippen LogP contribution is -2.09. The molecule has 9 aromatic carbocycles. The van der Waals surface area contributed by atoms with E-state index in [9.17, 15) is 0 Å². The first-order valence-electron chi connectivity index (χ1n) is 16.4. The molecule has 0 N–H and O–H groups in total. The molecular weight excluding hydrogens is 599 g/mol. The van der Waals surface area contributed by atoms with Crippen LogP contribution >= 0.6 is 11.3 Å². The van der Waals surface area contributed by atoms with Crippen LogP contribution in [0.25, 0.3) is 74.4 Å². The van der Waals surface area contributed by atoms with Crippen molar-refractivity contribution in [3.63, 3.8) is 0 Å². The van der Waals surface area contributed by atoms with Crippen molar-refractivity contribution in [1.29, 1.82) is 0 Å². The molecule has 1 heterocycles. The fourth-order valence-corrected chi connectivity index (χ4v) is 8.79. The number of hydrogen-bond donors (Lipinski definition) is 0. The van der Waals surface area contributed by atoms with Gasteiger partial charge in [-0.1, -0.05) is 133 Å². The lowest BCUT2D eigenvalue weighted by Gasteiger charge is -2.26. The molecule has 0 fully saturated rings. The number of anilines is 3. The summed E-state index contributed by atoms with van der Waals surface area (Å²) in [5, 5.41) is 12.9. The molecule has 0 bridgehead atoms. The highest BCUT2D eigenvalue weighted by Crippen LogP contribution is 2.43. The van der Waals surface area contributed by atoms with Gasteiger partial charge in [0.1, 0.15) is 0 Å². The first kappa shape index (κ1) is 27.2. The maximum Gasteiger partial charge on any atom is 0.0468 e. The van der Waals surface area contributed by atoms with Crippen molar-refractivity contribution < 1.29 is 0 Å². The van der Waals surface area contributed by atoms with Crippen LogP contribution in [0.2, 0.25) is 0 Å². The average Bonchev–Trinajstić information content (AvgIpc) is 3.54. The first-order valence-corrected chi connectivity index (χ1v) is 17.2. The van der Waals surface area contributed by atoms with Gasteiger partial charge in [-0.15, -0.1) is 11.3 Å². The Kier molecular flexibility index (Phi) is 6.12. The third-order valence-corrected chi connectivity index (χ3v) is 11.0. The minimum Gasteiger partial charge on any atom is -0.310 e. The Bertz CT molecular complexity index is 2830. The predicted octanol–water partition coefficient (Wildman–Crippen LogP) is 13.8. The van der Waals surface area contributed by atoms with E-state index in [1.807, 2.05) is 11.3 Å².